The Morgan fingerprint density at radius 3 is 2.60 bits per heavy atom. The van der Waals surface area contributed by atoms with Gasteiger partial charge in [0.15, 0.2) is 0 Å². The number of hydrogen-bond donors (Lipinski definition) is 1. The Hall–Kier alpha value is -2.39. The van der Waals surface area contributed by atoms with E-state index in [2.05, 4.69) is 21.2 Å². The SMILES string of the molecule is Cc1cc(/C=C(/C#N)C(=O)NC(C)C)c(C)n1-c1ccc(Br)cc1F. The Morgan fingerprint density at radius 2 is 2.04 bits per heavy atom. The molecule has 25 heavy (non-hydrogen) atoms. The summed E-state index contributed by atoms with van der Waals surface area (Å²) < 4.78 is 16.8. The quantitative estimate of drug-likeness (QED) is 0.606. The van der Waals surface area contributed by atoms with Gasteiger partial charge in [-0.2, -0.15) is 5.26 Å². The van der Waals surface area contributed by atoms with Gasteiger partial charge in [0, 0.05) is 21.9 Å². The van der Waals surface area contributed by atoms with Gasteiger partial charge in [-0.1, -0.05) is 15.9 Å². The molecule has 0 bridgehead atoms. The Morgan fingerprint density at radius 1 is 1.36 bits per heavy atom. The van der Waals surface area contributed by atoms with Crippen molar-refractivity contribution < 1.29 is 9.18 Å². The summed E-state index contributed by atoms with van der Waals surface area (Å²) in [4.78, 5) is 12.1. The van der Waals surface area contributed by atoms with Crippen molar-refractivity contribution in [1.29, 1.82) is 5.26 Å². The highest BCUT2D eigenvalue weighted by molar-refractivity contribution is 9.10. The van der Waals surface area contributed by atoms with Crippen molar-refractivity contribution in [3.8, 4) is 11.8 Å². The van der Waals surface area contributed by atoms with Crippen molar-refractivity contribution in [1.82, 2.24) is 9.88 Å². The summed E-state index contributed by atoms with van der Waals surface area (Å²) in [6, 6.07) is 8.55. The maximum absolute atomic E-state index is 14.3. The summed E-state index contributed by atoms with van der Waals surface area (Å²) in [7, 11) is 0. The van der Waals surface area contributed by atoms with Crippen molar-refractivity contribution in [2.45, 2.75) is 33.7 Å². The summed E-state index contributed by atoms with van der Waals surface area (Å²) >= 11 is 3.25. The molecule has 4 nitrogen and oxygen atoms in total. The molecule has 1 heterocycles. The second-order valence-electron chi connectivity index (χ2n) is 6.06. The fourth-order valence-electron chi connectivity index (χ4n) is 2.61. The van der Waals surface area contributed by atoms with Crippen molar-refractivity contribution in [2.75, 3.05) is 0 Å². The monoisotopic (exact) mass is 403 g/mol. The summed E-state index contributed by atoms with van der Waals surface area (Å²) in [6.07, 6.45) is 1.54. The lowest BCUT2D eigenvalue weighted by Gasteiger charge is -2.11. The highest BCUT2D eigenvalue weighted by Crippen LogP contribution is 2.26. The fourth-order valence-corrected chi connectivity index (χ4v) is 2.94. The van der Waals surface area contributed by atoms with Gasteiger partial charge in [-0.15, -0.1) is 0 Å². The van der Waals surface area contributed by atoms with Gasteiger partial charge in [0.1, 0.15) is 17.5 Å². The molecule has 0 saturated heterocycles. The Labute approximate surface area is 155 Å². The fraction of sp³-hybridized carbons (Fsp3) is 0.263. The minimum atomic E-state index is -0.419. The highest BCUT2D eigenvalue weighted by atomic mass is 79.9. The Kier molecular flexibility index (Phi) is 5.81. The molecule has 2 aromatic rings. The summed E-state index contributed by atoms with van der Waals surface area (Å²) in [5.74, 6) is -0.776. The molecule has 0 spiro atoms. The van der Waals surface area contributed by atoms with Crippen LogP contribution < -0.4 is 5.32 Å². The highest BCUT2D eigenvalue weighted by Gasteiger charge is 2.16. The van der Waals surface area contributed by atoms with Crippen LogP contribution in [0.1, 0.15) is 30.8 Å². The summed E-state index contributed by atoms with van der Waals surface area (Å²) in [6.45, 7) is 7.34. The number of carbonyl (C=O) groups is 1. The van der Waals surface area contributed by atoms with Crippen LogP contribution in [-0.2, 0) is 4.79 Å². The smallest absolute Gasteiger partial charge is 0.262 e. The van der Waals surface area contributed by atoms with Crippen LogP contribution in [0.4, 0.5) is 4.39 Å². The van der Waals surface area contributed by atoms with E-state index in [4.69, 9.17) is 0 Å². The second kappa shape index (κ2) is 7.66. The van der Waals surface area contributed by atoms with Gasteiger partial charge in [0.25, 0.3) is 5.91 Å². The van der Waals surface area contributed by atoms with Crippen molar-refractivity contribution in [2.24, 2.45) is 0 Å². The number of benzene rings is 1. The number of aromatic nitrogens is 1. The van der Waals surface area contributed by atoms with Crippen LogP contribution >= 0.6 is 15.9 Å². The molecular formula is C19H19BrFN3O. The number of halogens is 2. The molecular weight excluding hydrogens is 385 g/mol. The van der Waals surface area contributed by atoms with Crippen LogP contribution in [0.15, 0.2) is 34.3 Å². The topological polar surface area (TPSA) is 57.8 Å². The lowest BCUT2D eigenvalue weighted by Crippen LogP contribution is -2.30. The maximum Gasteiger partial charge on any atom is 0.262 e. The van der Waals surface area contributed by atoms with Gasteiger partial charge in [-0.25, -0.2) is 4.39 Å². The zero-order valence-electron chi connectivity index (χ0n) is 14.5. The average Bonchev–Trinajstić information content (AvgIpc) is 2.79. The number of nitriles is 1. The van der Waals surface area contributed by atoms with Gasteiger partial charge in [-0.3, -0.25) is 4.79 Å². The van der Waals surface area contributed by atoms with E-state index in [1.807, 2.05) is 39.8 Å². The average molecular weight is 404 g/mol. The van der Waals surface area contributed by atoms with E-state index in [-0.39, 0.29) is 17.4 Å². The first kappa shape index (κ1) is 18.9. The zero-order valence-corrected chi connectivity index (χ0v) is 16.1. The molecule has 6 heteroatoms. The number of nitrogens with zero attached hydrogens (tertiary/aromatic N) is 2. The van der Waals surface area contributed by atoms with E-state index in [1.54, 1.807) is 16.7 Å². The normalized spacial score (nSPS) is 11.5. The molecule has 0 radical (unpaired) electrons. The van der Waals surface area contributed by atoms with E-state index in [9.17, 15) is 14.4 Å². The molecule has 130 valence electrons. The number of aryl methyl sites for hydroxylation is 1. The van der Waals surface area contributed by atoms with Crippen molar-refractivity contribution in [3.05, 3.63) is 57.1 Å². The van der Waals surface area contributed by atoms with Crippen molar-refractivity contribution in [3.63, 3.8) is 0 Å². The summed E-state index contributed by atoms with van der Waals surface area (Å²) in [5.41, 5.74) is 2.71. The van der Waals surface area contributed by atoms with E-state index < -0.39 is 5.91 Å². The Balaban J connectivity index is 2.51. The molecule has 1 aromatic carbocycles. The summed E-state index contributed by atoms with van der Waals surface area (Å²) in [5, 5.41) is 12.0. The lowest BCUT2D eigenvalue weighted by atomic mass is 10.1. The molecule has 1 amide bonds. The minimum Gasteiger partial charge on any atom is -0.349 e. The van der Waals surface area contributed by atoms with Gasteiger partial charge >= 0.3 is 0 Å². The third kappa shape index (κ3) is 4.18. The van der Waals surface area contributed by atoms with Crippen LogP contribution in [-0.4, -0.2) is 16.5 Å². The van der Waals surface area contributed by atoms with Crippen LogP contribution in [0.5, 0.6) is 0 Å². The molecule has 0 aliphatic heterocycles. The largest absolute Gasteiger partial charge is 0.349 e. The van der Waals surface area contributed by atoms with Gasteiger partial charge in [-0.05, 0) is 63.6 Å². The van der Waals surface area contributed by atoms with Crippen LogP contribution in [0, 0.1) is 31.0 Å². The zero-order chi connectivity index (χ0) is 18.7. The molecule has 0 fully saturated rings. The van der Waals surface area contributed by atoms with Crippen LogP contribution in [0.3, 0.4) is 0 Å². The van der Waals surface area contributed by atoms with Gasteiger partial charge in [0.05, 0.1) is 5.69 Å². The molecule has 0 saturated carbocycles. The van der Waals surface area contributed by atoms with E-state index >= 15 is 0 Å². The maximum atomic E-state index is 14.3. The molecule has 0 aliphatic rings. The molecule has 1 aromatic heterocycles. The van der Waals surface area contributed by atoms with Gasteiger partial charge < -0.3 is 9.88 Å². The van der Waals surface area contributed by atoms with E-state index in [0.29, 0.717) is 15.7 Å². The molecule has 1 N–H and O–H groups in total. The Bertz CT molecular complexity index is 891. The molecule has 2 rings (SSSR count). The molecule has 0 aliphatic carbocycles. The third-order valence-corrected chi connectivity index (χ3v) is 4.20. The van der Waals surface area contributed by atoms with Crippen LogP contribution in [0.2, 0.25) is 0 Å². The number of rotatable bonds is 4. The lowest BCUT2D eigenvalue weighted by molar-refractivity contribution is -0.117. The first-order chi connectivity index (χ1) is 11.7. The second-order valence-corrected chi connectivity index (χ2v) is 6.97. The third-order valence-electron chi connectivity index (χ3n) is 3.71. The van der Waals surface area contributed by atoms with Crippen LogP contribution in [0.25, 0.3) is 11.8 Å². The number of nitrogens with one attached hydrogen (secondary N) is 1. The predicted molar refractivity (Wildman–Crippen MR) is 99.8 cm³/mol. The number of carbonyl (C=O) groups excluding carboxylic acids is 1. The van der Waals surface area contributed by atoms with E-state index in [0.717, 1.165) is 11.4 Å². The van der Waals surface area contributed by atoms with E-state index in [1.165, 1.54) is 12.1 Å². The first-order valence-corrected chi connectivity index (χ1v) is 8.61. The minimum absolute atomic E-state index is 0.0187. The predicted octanol–water partition coefficient (Wildman–Crippen LogP) is 4.43. The van der Waals surface area contributed by atoms with Gasteiger partial charge in [0.2, 0.25) is 0 Å². The molecule has 0 unspecified atom stereocenters. The molecule has 0 atom stereocenters. The first-order valence-electron chi connectivity index (χ1n) is 7.81. The number of amides is 1. The number of hydrogen-bond acceptors (Lipinski definition) is 2. The van der Waals surface area contributed by atoms with Crippen molar-refractivity contribution >= 4 is 27.9 Å². The standard InChI is InChI=1S/C19H19BrFN3O/c1-11(2)23-19(25)15(10-22)8-14-7-12(3)24(13(14)4)18-6-5-16(20)9-17(18)21/h5-9,11H,1-4H3,(H,23,25)/b15-8-.